The molecule has 146 valence electrons. The second kappa shape index (κ2) is 7.63. The fourth-order valence-corrected chi connectivity index (χ4v) is 3.41. The molecule has 0 aliphatic heterocycles. The van der Waals surface area contributed by atoms with Crippen molar-refractivity contribution >= 4 is 45.3 Å². The Morgan fingerprint density at radius 2 is 1.66 bits per heavy atom. The number of halogens is 1. The normalized spacial score (nSPS) is 11.6. The highest BCUT2D eigenvalue weighted by atomic mass is 127. The molecule has 0 atom stereocenters. The molecule has 0 unspecified atom stereocenters. The van der Waals surface area contributed by atoms with Crippen molar-refractivity contribution in [2.24, 2.45) is 0 Å². The van der Waals surface area contributed by atoms with Crippen molar-refractivity contribution < 1.29 is 9.21 Å². The second-order valence-corrected chi connectivity index (χ2v) is 9.24. The SMILES string of the molecule is CC(C)(C)c1ccc(-c2nc3cc(NC(=O)c4ccc(I)cc4)ccc3o2)cc1. The molecule has 0 saturated carbocycles. The summed E-state index contributed by atoms with van der Waals surface area (Å²) in [5.74, 6) is 0.420. The molecule has 0 saturated heterocycles. The minimum atomic E-state index is -0.151. The summed E-state index contributed by atoms with van der Waals surface area (Å²) in [7, 11) is 0. The Balaban J connectivity index is 1.57. The van der Waals surface area contributed by atoms with E-state index in [1.807, 2.05) is 54.6 Å². The molecule has 0 spiro atoms. The van der Waals surface area contributed by atoms with Crippen molar-refractivity contribution in [3.05, 3.63) is 81.4 Å². The molecule has 3 aromatic carbocycles. The van der Waals surface area contributed by atoms with E-state index in [1.165, 1.54) is 5.56 Å². The zero-order valence-corrected chi connectivity index (χ0v) is 18.7. The van der Waals surface area contributed by atoms with Gasteiger partial charge in [-0.15, -0.1) is 0 Å². The van der Waals surface area contributed by atoms with Crippen LogP contribution in [0.2, 0.25) is 0 Å². The average molecular weight is 496 g/mol. The first kappa shape index (κ1) is 19.6. The number of carbonyl (C=O) groups is 1. The lowest BCUT2D eigenvalue weighted by Gasteiger charge is -2.18. The summed E-state index contributed by atoms with van der Waals surface area (Å²) in [6.07, 6.45) is 0. The van der Waals surface area contributed by atoms with E-state index in [9.17, 15) is 4.79 Å². The minimum Gasteiger partial charge on any atom is -0.436 e. The molecule has 0 aliphatic carbocycles. The predicted molar refractivity (Wildman–Crippen MR) is 125 cm³/mol. The molecule has 1 aromatic heterocycles. The molecule has 0 fully saturated rings. The number of aromatic nitrogens is 1. The smallest absolute Gasteiger partial charge is 0.255 e. The third-order valence-corrected chi connectivity index (χ3v) is 5.47. The van der Waals surface area contributed by atoms with E-state index in [2.05, 4.69) is 65.8 Å². The number of amides is 1. The number of nitrogens with one attached hydrogen (secondary N) is 1. The van der Waals surface area contributed by atoms with Crippen molar-refractivity contribution in [2.45, 2.75) is 26.2 Å². The number of rotatable bonds is 3. The van der Waals surface area contributed by atoms with Crippen molar-refractivity contribution in [1.82, 2.24) is 4.98 Å². The molecule has 1 N–H and O–H groups in total. The van der Waals surface area contributed by atoms with Crippen LogP contribution < -0.4 is 5.32 Å². The Bertz CT molecular complexity index is 1170. The lowest BCUT2D eigenvalue weighted by atomic mass is 9.87. The number of benzene rings is 3. The van der Waals surface area contributed by atoms with Gasteiger partial charge in [0.15, 0.2) is 5.58 Å². The standard InChI is InChI=1S/C24H21IN2O2/c1-24(2,3)17-8-4-16(5-9-17)23-27-20-14-19(12-13-21(20)29-23)26-22(28)15-6-10-18(25)11-7-15/h4-14H,1-3H3,(H,26,28). The molecule has 1 heterocycles. The van der Waals surface area contributed by atoms with E-state index < -0.39 is 0 Å². The van der Waals surface area contributed by atoms with Crippen molar-refractivity contribution in [2.75, 3.05) is 5.32 Å². The zero-order valence-electron chi connectivity index (χ0n) is 16.5. The van der Waals surface area contributed by atoms with Gasteiger partial charge < -0.3 is 9.73 Å². The van der Waals surface area contributed by atoms with Gasteiger partial charge in [0.1, 0.15) is 5.52 Å². The van der Waals surface area contributed by atoms with Crippen LogP contribution in [0.15, 0.2) is 71.1 Å². The maximum atomic E-state index is 12.4. The summed E-state index contributed by atoms with van der Waals surface area (Å²) in [5, 5.41) is 2.92. The maximum Gasteiger partial charge on any atom is 0.255 e. The maximum absolute atomic E-state index is 12.4. The lowest BCUT2D eigenvalue weighted by Crippen LogP contribution is -2.11. The summed E-state index contributed by atoms with van der Waals surface area (Å²) in [4.78, 5) is 17.1. The molecule has 4 aromatic rings. The molecule has 0 bridgehead atoms. The quantitative estimate of drug-likeness (QED) is 0.323. The van der Waals surface area contributed by atoms with Gasteiger partial charge in [0.25, 0.3) is 5.91 Å². The summed E-state index contributed by atoms with van der Waals surface area (Å²) in [5.41, 5.74) is 4.99. The van der Waals surface area contributed by atoms with Crippen molar-refractivity contribution in [3.8, 4) is 11.5 Å². The van der Waals surface area contributed by atoms with Crippen LogP contribution in [-0.2, 0) is 5.41 Å². The van der Waals surface area contributed by atoms with E-state index in [0.29, 0.717) is 28.2 Å². The van der Waals surface area contributed by atoms with Crippen LogP contribution in [0.25, 0.3) is 22.6 Å². The number of carbonyl (C=O) groups excluding carboxylic acids is 1. The van der Waals surface area contributed by atoms with Gasteiger partial charge in [0.05, 0.1) is 0 Å². The molecule has 29 heavy (non-hydrogen) atoms. The van der Waals surface area contributed by atoms with Gasteiger partial charge in [-0.25, -0.2) is 4.98 Å². The minimum absolute atomic E-state index is 0.101. The Labute approximate surface area is 183 Å². The fraction of sp³-hybridized carbons (Fsp3) is 0.167. The molecule has 1 amide bonds. The first-order valence-electron chi connectivity index (χ1n) is 9.38. The van der Waals surface area contributed by atoms with Gasteiger partial charge in [0.2, 0.25) is 5.89 Å². The summed E-state index contributed by atoms with van der Waals surface area (Å²) in [6.45, 7) is 6.56. The highest BCUT2D eigenvalue weighted by Gasteiger charge is 2.15. The number of anilines is 1. The molecule has 5 heteroatoms. The summed E-state index contributed by atoms with van der Waals surface area (Å²) < 4.78 is 7.00. The first-order chi connectivity index (χ1) is 13.8. The van der Waals surface area contributed by atoms with E-state index in [1.54, 1.807) is 0 Å². The Morgan fingerprint density at radius 1 is 0.966 bits per heavy atom. The van der Waals surface area contributed by atoms with Gasteiger partial charge in [-0.2, -0.15) is 0 Å². The van der Waals surface area contributed by atoms with Gasteiger partial charge in [-0.05, 0) is 88.2 Å². The zero-order chi connectivity index (χ0) is 20.6. The van der Waals surface area contributed by atoms with Crippen LogP contribution in [0, 0.1) is 3.57 Å². The third kappa shape index (κ3) is 4.34. The Kier molecular flexibility index (Phi) is 5.17. The van der Waals surface area contributed by atoms with Crippen LogP contribution >= 0.6 is 22.6 Å². The number of hydrogen-bond acceptors (Lipinski definition) is 3. The molecule has 4 nitrogen and oxygen atoms in total. The summed E-state index contributed by atoms with van der Waals surface area (Å²) in [6, 6.07) is 21.2. The Hall–Kier alpha value is -2.67. The highest BCUT2D eigenvalue weighted by molar-refractivity contribution is 14.1. The fourth-order valence-electron chi connectivity index (χ4n) is 3.05. The van der Waals surface area contributed by atoms with E-state index in [0.717, 1.165) is 9.13 Å². The van der Waals surface area contributed by atoms with Crippen molar-refractivity contribution in [1.29, 1.82) is 0 Å². The van der Waals surface area contributed by atoms with Crippen molar-refractivity contribution in [3.63, 3.8) is 0 Å². The van der Waals surface area contributed by atoms with Gasteiger partial charge in [-0.1, -0.05) is 32.9 Å². The predicted octanol–water partition coefficient (Wildman–Crippen LogP) is 6.65. The number of nitrogens with zero attached hydrogens (tertiary/aromatic N) is 1. The van der Waals surface area contributed by atoms with Crippen LogP contribution in [0.4, 0.5) is 5.69 Å². The molecule has 0 aliphatic rings. The van der Waals surface area contributed by atoms with Crippen LogP contribution in [0.1, 0.15) is 36.7 Å². The Morgan fingerprint density at radius 3 is 2.31 bits per heavy atom. The van der Waals surface area contributed by atoms with Gasteiger partial charge in [-0.3, -0.25) is 4.79 Å². The van der Waals surface area contributed by atoms with Crippen LogP contribution in [-0.4, -0.2) is 10.9 Å². The monoisotopic (exact) mass is 496 g/mol. The third-order valence-electron chi connectivity index (χ3n) is 4.75. The number of hydrogen-bond donors (Lipinski definition) is 1. The van der Waals surface area contributed by atoms with Crippen LogP contribution in [0.5, 0.6) is 0 Å². The summed E-state index contributed by atoms with van der Waals surface area (Å²) >= 11 is 2.22. The van der Waals surface area contributed by atoms with Gasteiger partial charge >= 0.3 is 0 Å². The molecule has 0 radical (unpaired) electrons. The largest absolute Gasteiger partial charge is 0.436 e. The highest BCUT2D eigenvalue weighted by Crippen LogP contribution is 2.29. The molecular weight excluding hydrogens is 475 g/mol. The van der Waals surface area contributed by atoms with Gasteiger partial charge in [0, 0.05) is 20.4 Å². The lowest BCUT2D eigenvalue weighted by molar-refractivity contribution is 0.102. The number of fused-ring (bicyclic) bond motifs is 1. The second-order valence-electron chi connectivity index (χ2n) is 7.99. The topological polar surface area (TPSA) is 55.1 Å². The molecule has 4 rings (SSSR count). The van der Waals surface area contributed by atoms with E-state index in [-0.39, 0.29) is 11.3 Å². The van der Waals surface area contributed by atoms with E-state index in [4.69, 9.17) is 4.42 Å². The van der Waals surface area contributed by atoms with Crippen LogP contribution in [0.3, 0.4) is 0 Å². The first-order valence-corrected chi connectivity index (χ1v) is 10.5. The number of oxazole rings is 1. The average Bonchev–Trinajstić information content (AvgIpc) is 3.11. The molecular formula is C24H21IN2O2. The van der Waals surface area contributed by atoms with E-state index >= 15 is 0 Å².